The fraction of sp³-hybridized carbons (Fsp3) is 0.634. The van der Waals surface area contributed by atoms with E-state index in [-0.39, 0.29) is 70.6 Å². The van der Waals surface area contributed by atoms with E-state index in [1.807, 2.05) is 0 Å². The molecule has 0 unspecified atom stereocenters. The van der Waals surface area contributed by atoms with Crippen LogP contribution in [-0.2, 0) is 43.2 Å². The van der Waals surface area contributed by atoms with Crippen LogP contribution >= 0.6 is 0 Å². The monoisotopic (exact) mass is 875 g/mol. The Balaban J connectivity index is 3.43. The minimum absolute atomic E-state index is 0.00401. The molecule has 0 aromatic heterocycles. The molecule has 1 fully saturated rings. The van der Waals surface area contributed by atoms with E-state index in [0.29, 0.717) is 12.0 Å². The highest BCUT2D eigenvalue weighted by atomic mass is 16.2. The van der Waals surface area contributed by atoms with E-state index in [1.54, 1.807) is 12.2 Å². The van der Waals surface area contributed by atoms with Crippen molar-refractivity contribution >= 4 is 53.2 Å². The van der Waals surface area contributed by atoms with Crippen LogP contribution in [0.2, 0.25) is 0 Å². The van der Waals surface area contributed by atoms with E-state index < -0.39 is 97.1 Å². The average Bonchev–Trinajstić information content (AvgIpc) is 3.24. The Kier molecular flexibility index (Phi) is 28.1. The molecule has 0 aromatic rings. The summed E-state index contributed by atoms with van der Waals surface area (Å²) < 4.78 is 0. The number of hydrogen-bond donors (Lipinski definition) is 12. The van der Waals surface area contributed by atoms with Gasteiger partial charge in [-0.15, -0.1) is 0 Å². The molecule has 0 spiro atoms. The largest absolute Gasteiger partial charge is 0.354 e. The Morgan fingerprint density at radius 2 is 1.27 bits per heavy atom. The lowest BCUT2D eigenvalue weighted by molar-refractivity contribution is -0.135. The standard InChI is InChI=1S/C41H70N12O9/c1-4-6-8-9-10-11-12-14-33(54)49-29(16-20-43)39(60)52-31-18-22-45-34(55)24-47-37(58)28(15-19-42)50-36(57)26-46-35(56)25-48-38(59)32(23-27(3)13-7-5-2)53-40(61)30(17-21-44)51-41(31)62/h5,7,13,28-32H,2-4,6,8-12,14-26,42-44H2,1H3,(H,45,55)(H,46,56)(H,47,58)(H,48,59)(H,49,54)(H,50,57)(H,51,62)(H,52,60)(H,53,61)/b13-7-/t28-,29+,30-,31-,32+/m0/s1. The number of carbonyl (C=O) groups excluding carboxylic acids is 9. The molecule has 0 bridgehead atoms. The Morgan fingerprint density at radius 3 is 1.89 bits per heavy atom. The maximum atomic E-state index is 13.9. The first-order valence-electron chi connectivity index (χ1n) is 21.3. The van der Waals surface area contributed by atoms with E-state index in [0.717, 1.165) is 38.5 Å². The minimum atomic E-state index is -1.39. The van der Waals surface area contributed by atoms with Gasteiger partial charge in [-0.1, -0.05) is 82.4 Å². The highest BCUT2D eigenvalue weighted by Crippen LogP contribution is 2.10. The van der Waals surface area contributed by atoms with Crippen molar-refractivity contribution in [3.8, 4) is 0 Å². The van der Waals surface area contributed by atoms with Crippen LogP contribution in [-0.4, -0.2) is 129 Å². The van der Waals surface area contributed by atoms with Gasteiger partial charge in [0, 0.05) is 19.4 Å². The molecule has 1 heterocycles. The van der Waals surface area contributed by atoms with Gasteiger partial charge in [-0.2, -0.15) is 0 Å². The van der Waals surface area contributed by atoms with E-state index in [2.05, 4.69) is 67.9 Å². The van der Waals surface area contributed by atoms with Gasteiger partial charge < -0.3 is 65.1 Å². The molecule has 1 aliphatic heterocycles. The van der Waals surface area contributed by atoms with Crippen molar-refractivity contribution in [1.82, 2.24) is 47.9 Å². The zero-order chi connectivity index (χ0) is 46.3. The van der Waals surface area contributed by atoms with Gasteiger partial charge in [0.15, 0.2) is 0 Å². The lowest BCUT2D eigenvalue weighted by Crippen LogP contribution is -2.59. The second-order valence-corrected chi connectivity index (χ2v) is 14.8. The number of rotatable bonds is 21. The van der Waals surface area contributed by atoms with Gasteiger partial charge in [0.05, 0.1) is 19.6 Å². The zero-order valence-electron chi connectivity index (χ0n) is 36.1. The quantitative estimate of drug-likeness (QED) is 0.0410. The van der Waals surface area contributed by atoms with Crippen molar-refractivity contribution in [3.63, 3.8) is 0 Å². The topological polar surface area (TPSA) is 340 Å². The first-order chi connectivity index (χ1) is 29.7. The fourth-order valence-corrected chi connectivity index (χ4v) is 6.13. The molecule has 9 amide bonds. The van der Waals surface area contributed by atoms with Gasteiger partial charge in [0.1, 0.15) is 30.2 Å². The number of allylic oxidation sites excluding steroid dienone is 3. The molecule has 0 aliphatic carbocycles. The molecule has 5 atom stereocenters. The highest BCUT2D eigenvalue weighted by molar-refractivity contribution is 5.97. The predicted octanol–water partition coefficient (Wildman–Crippen LogP) is -2.85. The van der Waals surface area contributed by atoms with Gasteiger partial charge in [0.25, 0.3) is 0 Å². The number of hydrogen-bond acceptors (Lipinski definition) is 12. The van der Waals surface area contributed by atoms with Crippen LogP contribution in [0.3, 0.4) is 0 Å². The lowest BCUT2D eigenvalue weighted by atomic mass is 10.0. The molecular formula is C41H70N12O9. The molecule has 0 saturated carbocycles. The molecule has 21 heteroatoms. The third-order valence-electron chi connectivity index (χ3n) is 9.56. The molecular weight excluding hydrogens is 805 g/mol. The van der Waals surface area contributed by atoms with Gasteiger partial charge in [-0.05, 0) is 51.7 Å². The summed E-state index contributed by atoms with van der Waals surface area (Å²) in [6.45, 7) is 7.64. The maximum absolute atomic E-state index is 13.9. The molecule has 0 aromatic carbocycles. The van der Waals surface area contributed by atoms with Crippen molar-refractivity contribution in [2.24, 2.45) is 17.2 Å². The second-order valence-electron chi connectivity index (χ2n) is 14.8. The van der Waals surface area contributed by atoms with Gasteiger partial charge in [-0.3, -0.25) is 43.2 Å². The summed E-state index contributed by atoms with van der Waals surface area (Å²) >= 11 is 0. The van der Waals surface area contributed by atoms with Gasteiger partial charge in [-0.25, -0.2) is 0 Å². The second kappa shape index (κ2) is 32.1. The summed E-state index contributed by atoms with van der Waals surface area (Å²) in [5, 5.41) is 22.6. The first-order valence-corrected chi connectivity index (χ1v) is 21.3. The normalized spacial score (nSPS) is 20.9. The first kappa shape index (κ1) is 54.3. The summed E-state index contributed by atoms with van der Waals surface area (Å²) in [4.78, 5) is 119. The lowest BCUT2D eigenvalue weighted by Gasteiger charge is -2.26. The van der Waals surface area contributed by atoms with E-state index in [4.69, 9.17) is 17.2 Å². The molecule has 1 rings (SSSR count). The van der Waals surface area contributed by atoms with Crippen molar-refractivity contribution in [2.75, 3.05) is 45.8 Å². The van der Waals surface area contributed by atoms with Crippen molar-refractivity contribution in [2.45, 2.75) is 121 Å². The summed E-state index contributed by atoms with van der Waals surface area (Å²) in [5.74, 6) is -6.54. The third-order valence-corrected chi connectivity index (χ3v) is 9.56. The van der Waals surface area contributed by atoms with Crippen LogP contribution in [0.5, 0.6) is 0 Å². The molecule has 21 nitrogen and oxygen atoms in total. The average molecular weight is 875 g/mol. The van der Waals surface area contributed by atoms with E-state index >= 15 is 0 Å². The number of amides is 9. The van der Waals surface area contributed by atoms with Crippen molar-refractivity contribution in [3.05, 3.63) is 37.0 Å². The maximum Gasteiger partial charge on any atom is 0.243 e. The Hall–Kier alpha value is -5.67. The molecule has 348 valence electrons. The van der Waals surface area contributed by atoms with Crippen molar-refractivity contribution in [1.29, 1.82) is 0 Å². The Bertz CT molecular complexity index is 1560. The molecule has 1 saturated heterocycles. The highest BCUT2D eigenvalue weighted by Gasteiger charge is 2.32. The molecule has 15 N–H and O–H groups in total. The Morgan fingerprint density at radius 1 is 0.710 bits per heavy atom. The SMILES string of the molecule is C=C/C=C\C(=C)C[C@H]1NC(=O)[C@H](CCN)NC(=O)[C@@H](NC(=O)[C@@H](CCN)NC(=O)CCCCCCCCC)CCNC(=O)CNC(=O)[C@H](CCN)NC(=O)CNC(=O)CNC1=O. The number of carbonyl (C=O) groups is 9. The summed E-state index contributed by atoms with van der Waals surface area (Å²) in [6, 6.07) is -6.31. The Labute approximate surface area is 364 Å². The van der Waals surface area contributed by atoms with Crippen LogP contribution in [0.25, 0.3) is 0 Å². The van der Waals surface area contributed by atoms with E-state index in [1.165, 1.54) is 6.08 Å². The van der Waals surface area contributed by atoms with Gasteiger partial charge >= 0.3 is 0 Å². The van der Waals surface area contributed by atoms with Crippen LogP contribution in [0.4, 0.5) is 0 Å². The van der Waals surface area contributed by atoms with E-state index in [9.17, 15) is 43.2 Å². The number of unbranched alkanes of at least 4 members (excludes halogenated alkanes) is 6. The fourth-order valence-electron chi connectivity index (χ4n) is 6.13. The predicted molar refractivity (Wildman–Crippen MR) is 233 cm³/mol. The molecule has 0 radical (unpaired) electrons. The molecule has 1 aliphatic rings. The van der Waals surface area contributed by atoms with Gasteiger partial charge in [0.2, 0.25) is 53.2 Å². The third kappa shape index (κ3) is 23.4. The van der Waals surface area contributed by atoms with Crippen LogP contribution in [0, 0.1) is 0 Å². The van der Waals surface area contributed by atoms with Crippen LogP contribution in [0.1, 0.15) is 90.4 Å². The van der Waals surface area contributed by atoms with Crippen LogP contribution in [0.15, 0.2) is 37.0 Å². The summed E-state index contributed by atoms with van der Waals surface area (Å²) in [6.07, 6.45) is 11.3. The summed E-state index contributed by atoms with van der Waals surface area (Å²) in [5.41, 5.74) is 17.6. The zero-order valence-corrected chi connectivity index (χ0v) is 36.1. The number of nitrogens with one attached hydrogen (secondary N) is 9. The number of nitrogens with two attached hydrogens (primary N) is 3. The van der Waals surface area contributed by atoms with Crippen molar-refractivity contribution < 1.29 is 43.2 Å². The smallest absolute Gasteiger partial charge is 0.243 e. The minimum Gasteiger partial charge on any atom is -0.354 e. The summed E-state index contributed by atoms with van der Waals surface area (Å²) in [7, 11) is 0. The molecule has 62 heavy (non-hydrogen) atoms. The van der Waals surface area contributed by atoms with Crippen LogP contribution < -0.4 is 65.1 Å².